The van der Waals surface area contributed by atoms with Gasteiger partial charge in [0.2, 0.25) is 0 Å². The summed E-state index contributed by atoms with van der Waals surface area (Å²) < 4.78 is 153. The molecule has 3 aliphatic rings. The van der Waals surface area contributed by atoms with Crippen LogP contribution in [0, 0.1) is 78.9 Å². The summed E-state index contributed by atoms with van der Waals surface area (Å²) in [4.78, 5) is 86.6. The highest BCUT2D eigenvalue weighted by atomic mass is 35.5. The Morgan fingerprint density at radius 3 is 0.966 bits per heavy atom. The van der Waals surface area contributed by atoms with Crippen molar-refractivity contribution in [2.45, 2.75) is 138 Å². The van der Waals surface area contributed by atoms with Crippen LogP contribution in [0.2, 0.25) is 25.1 Å². The predicted molar refractivity (Wildman–Crippen MR) is 438 cm³/mol. The van der Waals surface area contributed by atoms with Crippen molar-refractivity contribution in [3.63, 3.8) is 0 Å². The Morgan fingerprint density at radius 1 is 0.342 bits per heavy atom. The molecule has 0 spiro atoms. The number of benzene rings is 3. The van der Waals surface area contributed by atoms with Crippen LogP contribution < -0.4 is 49.0 Å². The maximum atomic E-state index is 15.8. The Bertz CT molecular complexity index is 5560. The number of pyridine rings is 6. The van der Waals surface area contributed by atoms with Gasteiger partial charge in [0, 0.05) is 63.4 Å². The zero-order valence-corrected chi connectivity index (χ0v) is 68.1. The Morgan fingerprint density at radius 2 is 0.641 bits per heavy atom. The average Bonchev–Trinajstić information content (AvgIpc) is 0.739. The standard InChI is InChI=1S/2C27H25Cl2F3N6O.C27H25ClF4N6O/c1-12(2)22-24(13(3)7-8-34-22)38-26-14(25(36-27(38)39)37-9-5-4-6-10-37)11-15(30)23(35-26)16-19(31)17(28)20(32)18(29)21(16)33;1-12(2)22-24(13(3)7-8-34-22)38-26-14(25(36-27(38)39)37-9-5-4-6-10-37)11-15(30)23(35-26)16-17(28)19(31)20(32)21(33)18(16)29;1-12(2)22-24(13(3)7-8-34-22)38-26-14(25(36-27(38)39)37-9-5-4-6-10-37)11-15(29)23(35-26)16-18(30)20(32)19(31)17(28)21(16)33/h3*7-8,11-12H,4-6,9-10,33H2,1-3H3. The summed E-state index contributed by atoms with van der Waals surface area (Å²) in [6.45, 7) is 20.6. The van der Waals surface area contributed by atoms with Gasteiger partial charge < -0.3 is 31.9 Å². The zero-order chi connectivity index (χ0) is 84.5. The van der Waals surface area contributed by atoms with Gasteiger partial charge in [0.25, 0.3) is 0 Å². The number of aryl methyl sites for hydroxylation is 3. The van der Waals surface area contributed by atoms with E-state index < -0.39 is 151 Å². The number of nitrogen functional groups attached to an aromatic ring is 3. The van der Waals surface area contributed by atoms with E-state index in [0.717, 1.165) is 76.0 Å². The van der Waals surface area contributed by atoms with Gasteiger partial charge >= 0.3 is 17.1 Å². The van der Waals surface area contributed by atoms with Gasteiger partial charge in [-0.25, -0.2) is 86.9 Å². The molecule has 0 aliphatic carbocycles. The smallest absolute Gasteiger partial charge is 0.355 e. The maximum absolute atomic E-state index is 15.8. The largest absolute Gasteiger partial charge is 0.397 e. The number of fused-ring (bicyclic) bond motifs is 3. The fourth-order valence-corrected chi connectivity index (χ4v) is 16.1. The van der Waals surface area contributed by atoms with E-state index in [-0.39, 0.29) is 62.5 Å². The Balaban J connectivity index is 0.000000152. The van der Waals surface area contributed by atoms with Crippen LogP contribution in [0.1, 0.15) is 151 Å². The number of hydrogen-bond acceptors (Lipinski definition) is 18. The van der Waals surface area contributed by atoms with Crippen LogP contribution in [0.3, 0.4) is 0 Å². The number of nitrogens with two attached hydrogens (primary N) is 3. The summed E-state index contributed by atoms with van der Waals surface area (Å²) in [6, 6.07) is 8.53. The fourth-order valence-electron chi connectivity index (χ4n) is 15.0. The van der Waals surface area contributed by atoms with Crippen LogP contribution in [0.5, 0.6) is 0 Å². The lowest BCUT2D eigenvalue weighted by Crippen LogP contribution is -2.34. The molecule has 3 aliphatic heterocycles. The van der Waals surface area contributed by atoms with Gasteiger partial charge in [-0.3, -0.25) is 15.0 Å². The number of piperidine rings is 3. The lowest BCUT2D eigenvalue weighted by atomic mass is 10.0. The molecule has 3 fully saturated rings. The molecule has 9 aromatic heterocycles. The summed E-state index contributed by atoms with van der Waals surface area (Å²) in [5.41, 5.74) is 14.8. The van der Waals surface area contributed by atoms with Crippen molar-refractivity contribution in [3.8, 4) is 50.8 Å². The van der Waals surface area contributed by atoms with Crippen LogP contribution in [0.15, 0.2) is 69.4 Å². The molecular weight excluding hydrogens is 1640 g/mol. The Kier molecular flexibility index (Phi) is 24.4. The highest BCUT2D eigenvalue weighted by Crippen LogP contribution is 2.47. The number of halogens is 15. The molecule has 0 bridgehead atoms. The van der Waals surface area contributed by atoms with Crippen LogP contribution in [-0.4, -0.2) is 97.8 Å². The third kappa shape index (κ3) is 15.3. The lowest BCUT2D eigenvalue weighted by molar-refractivity contribution is 0.449. The number of hydrogen-bond donors (Lipinski definition) is 3. The van der Waals surface area contributed by atoms with Gasteiger partial charge in [0.15, 0.2) is 69.3 Å². The first kappa shape index (κ1) is 84.4. The molecule has 36 heteroatoms. The minimum Gasteiger partial charge on any atom is -0.397 e. The molecule has 15 rings (SSSR count). The fraction of sp³-hybridized carbons (Fsp3) is 0.333. The summed E-state index contributed by atoms with van der Waals surface area (Å²) in [5, 5.41) is -3.10. The minimum atomic E-state index is -1.92. The topological polar surface area (TPSA) is 270 Å². The molecule has 12 heterocycles. The Labute approximate surface area is 687 Å². The second-order valence-corrected chi connectivity index (χ2v) is 31.4. The highest BCUT2D eigenvalue weighted by molar-refractivity contribution is 6.41. The van der Waals surface area contributed by atoms with Crippen LogP contribution in [-0.2, 0) is 0 Å². The van der Waals surface area contributed by atoms with Crippen LogP contribution >= 0.6 is 58.0 Å². The second-order valence-electron chi connectivity index (χ2n) is 29.6. The van der Waals surface area contributed by atoms with Gasteiger partial charge in [-0.05, 0) is 149 Å². The molecule has 612 valence electrons. The number of anilines is 6. The molecule has 117 heavy (non-hydrogen) atoms. The predicted octanol–water partition coefficient (Wildman–Crippen LogP) is 19.2. The first-order valence-electron chi connectivity index (χ1n) is 37.5. The van der Waals surface area contributed by atoms with Gasteiger partial charge in [-0.1, -0.05) is 99.5 Å². The van der Waals surface area contributed by atoms with Crippen molar-refractivity contribution in [2.24, 2.45) is 0 Å². The van der Waals surface area contributed by atoms with Gasteiger partial charge in [0.05, 0.1) is 88.5 Å². The second kappa shape index (κ2) is 33.9. The van der Waals surface area contributed by atoms with Crippen molar-refractivity contribution in [3.05, 3.63) is 203 Å². The summed E-state index contributed by atoms with van der Waals surface area (Å²) in [6.07, 6.45) is 13.2. The van der Waals surface area contributed by atoms with E-state index in [0.29, 0.717) is 95.9 Å². The molecule has 12 aromatic rings. The summed E-state index contributed by atoms with van der Waals surface area (Å²) in [5.74, 6) is -13.4. The number of nitrogens with zero attached hydrogens (tertiary/aromatic N) is 15. The monoisotopic (exact) mass is 1710 g/mol. The SMILES string of the molecule is Cc1ccnc(C(C)C)c1-n1c(=O)nc(N2CCCCC2)c2cc(F)c(-c3c(Cl)c(N)c(F)c(F)c3Cl)nc21.Cc1ccnc(C(C)C)c1-n1c(=O)nc(N2CCCCC2)c2cc(F)c(-c3c(N)c(Cl)c(F)c(Cl)c3F)nc21.Cc1ccnc(C(C)C)c1-n1c(=O)nc(N2CCCCC2)c2cc(F)c(-c3c(N)c(Cl)c(F)c(F)c3F)nc21. The molecule has 0 amide bonds. The molecule has 21 nitrogen and oxygen atoms in total. The van der Waals surface area contributed by atoms with E-state index in [1.165, 1.54) is 13.7 Å². The van der Waals surface area contributed by atoms with Crippen molar-refractivity contribution >= 4 is 126 Å². The highest BCUT2D eigenvalue weighted by Gasteiger charge is 2.35. The zero-order valence-electron chi connectivity index (χ0n) is 64.4. The van der Waals surface area contributed by atoms with Crippen LogP contribution in [0.25, 0.3) is 83.9 Å². The van der Waals surface area contributed by atoms with Crippen molar-refractivity contribution in [1.82, 2.24) is 58.6 Å². The van der Waals surface area contributed by atoms with E-state index in [1.54, 1.807) is 50.6 Å². The molecule has 0 radical (unpaired) electrons. The van der Waals surface area contributed by atoms with Gasteiger partial charge in [-0.15, -0.1) is 0 Å². The number of rotatable bonds is 12. The molecule has 0 saturated carbocycles. The first-order valence-corrected chi connectivity index (χ1v) is 39.3. The van der Waals surface area contributed by atoms with Gasteiger partial charge in [0.1, 0.15) is 55.4 Å². The van der Waals surface area contributed by atoms with Crippen molar-refractivity contribution in [2.75, 3.05) is 71.2 Å². The quantitative estimate of drug-likeness (QED) is 0.0444. The van der Waals surface area contributed by atoms with Crippen molar-refractivity contribution in [1.29, 1.82) is 0 Å². The maximum Gasteiger partial charge on any atom is 0.355 e. The van der Waals surface area contributed by atoms with E-state index in [2.05, 4.69) is 44.9 Å². The first-order chi connectivity index (χ1) is 55.6. The minimum absolute atomic E-state index is 0.0142. The average molecular weight is 1720 g/mol. The number of aromatic nitrogens is 12. The van der Waals surface area contributed by atoms with Gasteiger partial charge in [-0.2, -0.15) is 15.0 Å². The molecule has 0 unspecified atom stereocenters. The van der Waals surface area contributed by atoms with Crippen LogP contribution in [0.4, 0.5) is 78.4 Å². The van der Waals surface area contributed by atoms with E-state index in [4.69, 9.17) is 75.2 Å². The molecule has 6 N–H and O–H groups in total. The molecular formula is C81H75Cl5F10N18O3. The summed E-state index contributed by atoms with van der Waals surface area (Å²) in [7, 11) is 0. The van der Waals surface area contributed by atoms with E-state index >= 15 is 22.0 Å². The Hall–Kier alpha value is -10.5. The normalized spacial score (nSPS) is 14.0. The van der Waals surface area contributed by atoms with E-state index in [1.807, 2.05) is 63.2 Å². The third-order valence-corrected chi connectivity index (χ3v) is 22.6. The molecule has 0 atom stereocenters. The van der Waals surface area contributed by atoms with E-state index in [9.17, 15) is 36.3 Å². The third-order valence-electron chi connectivity index (χ3n) is 20.8. The summed E-state index contributed by atoms with van der Waals surface area (Å²) >= 11 is 29.9. The lowest BCUT2D eigenvalue weighted by Gasteiger charge is -2.29. The van der Waals surface area contributed by atoms with Crippen molar-refractivity contribution < 1.29 is 43.9 Å². The molecule has 3 aromatic carbocycles. The molecule has 3 saturated heterocycles.